The third-order valence-electron chi connectivity index (χ3n) is 3.47. The number of nitrogens with one attached hydrogen (secondary N) is 1. The maximum absolute atomic E-state index is 11.8. The molecule has 0 radical (unpaired) electrons. The number of likely N-dealkylation sites (tertiary alicyclic amines) is 1. The molecule has 1 aromatic rings. The Morgan fingerprint density at radius 2 is 2.21 bits per heavy atom. The van der Waals surface area contributed by atoms with Crippen molar-refractivity contribution in [3.05, 3.63) is 18.0 Å². The fourth-order valence-electron chi connectivity index (χ4n) is 2.40. The molecule has 2 rings (SSSR count). The van der Waals surface area contributed by atoms with Crippen molar-refractivity contribution in [1.82, 2.24) is 20.0 Å². The van der Waals surface area contributed by atoms with E-state index in [1.165, 1.54) is 23.9 Å². The Morgan fingerprint density at radius 1 is 1.47 bits per heavy atom. The molecule has 1 fully saturated rings. The molecule has 0 spiro atoms. The summed E-state index contributed by atoms with van der Waals surface area (Å²) in [5.74, 6) is -0.197. The predicted octanol–water partition coefficient (Wildman–Crippen LogP) is -0.00330. The number of aliphatic hydroxyl groups excluding tert-OH is 1. The first-order valence-electron chi connectivity index (χ1n) is 6.83. The van der Waals surface area contributed by atoms with Crippen molar-refractivity contribution in [3.63, 3.8) is 0 Å². The van der Waals surface area contributed by atoms with E-state index in [-0.39, 0.29) is 12.5 Å². The Morgan fingerprint density at radius 3 is 2.84 bits per heavy atom. The molecule has 106 valence electrons. The van der Waals surface area contributed by atoms with Crippen LogP contribution < -0.4 is 5.32 Å². The van der Waals surface area contributed by atoms with Crippen LogP contribution in [0.25, 0.3) is 0 Å². The number of hydrogen-bond acceptors (Lipinski definition) is 4. The summed E-state index contributed by atoms with van der Waals surface area (Å²) in [5, 5.41) is 16.6. The highest BCUT2D eigenvalue weighted by Crippen LogP contribution is 2.08. The maximum Gasteiger partial charge on any atom is 0.269 e. The molecule has 1 saturated heterocycles. The van der Waals surface area contributed by atoms with Crippen molar-refractivity contribution >= 4 is 5.91 Å². The van der Waals surface area contributed by atoms with Crippen LogP contribution in [0.1, 0.15) is 29.8 Å². The van der Waals surface area contributed by atoms with Gasteiger partial charge in [0.05, 0.1) is 6.10 Å². The van der Waals surface area contributed by atoms with Crippen LogP contribution in [-0.4, -0.2) is 58.0 Å². The van der Waals surface area contributed by atoms with Crippen LogP contribution in [0.5, 0.6) is 0 Å². The second-order valence-electron chi connectivity index (χ2n) is 5.07. The molecule has 1 unspecified atom stereocenters. The Hall–Kier alpha value is -1.40. The quantitative estimate of drug-likeness (QED) is 0.787. The number of piperidine rings is 1. The van der Waals surface area contributed by atoms with Gasteiger partial charge in [0, 0.05) is 26.3 Å². The van der Waals surface area contributed by atoms with Crippen molar-refractivity contribution in [1.29, 1.82) is 0 Å². The maximum atomic E-state index is 11.8. The van der Waals surface area contributed by atoms with Gasteiger partial charge in [0.15, 0.2) is 0 Å². The van der Waals surface area contributed by atoms with Gasteiger partial charge in [-0.3, -0.25) is 9.48 Å². The van der Waals surface area contributed by atoms with Crippen molar-refractivity contribution in [2.75, 3.05) is 26.2 Å². The SMILES string of the molecule is Cn1nccc1C(=O)NCC(O)CN1CCCCC1. The highest BCUT2D eigenvalue weighted by molar-refractivity contribution is 5.92. The summed E-state index contributed by atoms with van der Waals surface area (Å²) in [7, 11) is 1.72. The molecule has 1 aromatic heterocycles. The van der Waals surface area contributed by atoms with Crippen LogP contribution in [0.15, 0.2) is 12.3 Å². The second-order valence-corrected chi connectivity index (χ2v) is 5.07. The summed E-state index contributed by atoms with van der Waals surface area (Å²) < 4.78 is 1.52. The van der Waals surface area contributed by atoms with Gasteiger partial charge in [-0.1, -0.05) is 6.42 Å². The number of nitrogens with zero attached hydrogens (tertiary/aromatic N) is 3. The van der Waals surface area contributed by atoms with Crippen LogP contribution in [-0.2, 0) is 7.05 Å². The van der Waals surface area contributed by atoms with Gasteiger partial charge in [0.25, 0.3) is 5.91 Å². The van der Waals surface area contributed by atoms with Gasteiger partial charge in [0.1, 0.15) is 5.69 Å². The fourth-order valence-corrected chi connectivity index (χ4v) is 2.40. The lowest BCUT2D eigenvalue weighted by Gasteiger charge is -2.28. The molecule has 6 nitrogen and oxygen atoms in total. The Labute approximate surface area is 113 Å². The van der Waals surface area contributed by atoms with Gasteiger partial charge < -0.3 is 15.3 Å². The molecule has 0 saturated carbocycles. The molecule has 1 aliphatic rings. The van der Waals surface area contributed by atoms with E-state index in [4.69, 9.17) is 0 Å². The number of carbonyl (C=O) groups is 1. The minimum atomic E-state index is -0.518. The first-order valence-corrected chi connectivity index (χ1v) is 6.83. The van der Waals surface area contributed by atoms with Gasteiger partial charge in [-0.15, -0.1) is 0 Å². The Balaban J connectivity index is 1.72. The number of β-amino-alcohol motifs (C(OH)–C–C–N with tert-alkyl or cyclic N) is 1. The van der Waals surface area contributed by atoms with Gasteiger partial charge >= 0.3 is 0 Å². The largest absolute Gasteiger partial charge is 0.390 e. The molecule has 0 aromatic carbocycles. The molecule has 1 amide bonds. The predicted molar refractivity (Wildman–Crippen MR) is 71.8 cm³/mol. The molecule has 19 heavy (non-hydrogen) atoms. The van der Waals surface area contributed by atoms with Gasteiger partial charge in [-0.05, 0) is 32.0 Å². The van der Waals surface area contributed by atoms with Gasteiger partial charge in [-0.25, -0.2) is 0 Å². The molecule has 1 aliphatic heterocycles. The average molecular weight is 266 g/mol. The minimum absolute atomic E-state index is 0.197. The molecule has 1 atom stereocenters. The van der Waals surface area contributed by atoms with Crippen LogP contribution >= 0.6 is 0 Å². The van der Waals surface area contributed by atoms with Crippen LogP contribution in [0, 0.1) is 0 Å². The van der Waals surface area contributed by atoms with E-state index in [1.807, 2.05) is 0 Å². The molecular formula is C13H22N4O2. The van der Waals surface area contributed by atoms with Crippen molar-refractivity contribution in [2.45, 2.75) is 25.4 Å². The third-order valence-corrected chi connectivity index (χ3v) is 3.47. The lowest BCUT2D eigenvalue weighted by molar-refractivity contribution is 0.0824. The molecule has 0 bridgehead atoms. The normalized spacial score (nSPS) is 18.2. The first kappa shape index (κ1) is 14.0. The van der Waals surface area contributed by atoms with E-state index in [1.54, 1.807) is 19.3 Å². The van der Waals surface area contributed by atoms with E-state index in [2.05, 4.69) is 15.3 Å². The summed E-state index contributed by atoms with van der Waals surface area (Å²) in [6, 6.07) is 1.66. The van der Waals surface area contributed by atoms with Gasteiger partial charge in [-0.2, -0.15) is 5.10 Å². The summed E-state index contributed by atoms with van der Waals surface area (Å²) in [4.78, 5) is 14.1. The number of hydrogen-bond donors (Lipinski definition) is 2. The number of aliphatic hydroxyl groups is 1. The average Bonchev–Trinajstić information content (AvgIpc) is 2.83. The zero-order chi connectivity index (χ0) is 13.7. The number of carbonyl (C=O) groups excluding carboxylic acids is 1. The standard InChI is InChI=1S/C13H22N4O2/c1-16-12(5-6-15-16)13(19)14-9-11(18)10-17-7-3-2-4-8-17/h5-6,11,18H,2-4,7-10H2,1H3,(H,14,19). The molecular weight excluding hydrogens is 244 g/mol. The van der Waals surface area contributed by atoms with E-state index in [0.29, 0.717) is 12.2 Å². The Bertz CT molecular complexity index is 413. The fraction of sp³-hybridized carbons (Fsp3) is 0.692. The van der Waals surface area contributed by atoms with E-state index in [0.717, 1.165) is 13.1 Å². The summed E-state index contributed by atoms with van der Waals surface area (Å²) >= 11 is 0. The molecule has 2 heterocycles. The monoisotopic (exact) mass is 266 g/mol. The van der Waals surface area contributed by atoms with Crippen LogP contribution in [0.4, 0.5) is 0 Å². The van der Waals surface area contributed by atoms with E-state index < -0.39 is 6.10 Å². The number of rotatable bonds is 5. The van der Waals surface area contributed by atoms with Crippen molar-refractivity contribution in [2.24, 2.45) is 7.05 Å². The molecule has 2 N–H and O–H groups in total. The summed E-state index contributed by atoms with van der Waals surface area (Å²) in [5.41, 5.74) is 0.505. The zero-order valence-electron chi connectivity index (χ0n) is 11.4. The molecule has 6 heteroatoms. The van der Waals surface area contributed by atoms with Crippen molar-refractivity contribution < 1.29 is 9.90 Å². The zero-order valence-corrected chi connectivity index (χ0v) is 11.4. The smallest absolute Gasteiger partial charge is 0.269 e. The lowest BCUT2D eigenvalue weighted by Crippen LogP contribution is -2.42. The summed E-state index contributed by atoms with van der Waals surface area (Å²) in [6.07, 6.45) is 4.75. The number of amides is 1. The minimum Gasteiger partial charge on any atom is -0.390 e. The van der Waals surface area contributed by atoms with Crippen LogP contribution in [0.3, 0.4) is 0 Å². The number of aryl methyl sites for hydroxylation is 1. The topological polar surface area (TPSA) is 70.4 Å². The van der Waals surface area contributed by atoms with Crippen LogP contribution in [0.2, 0.25) is 0 Å². The lowest BCUT2D eigenvalue weighted by atomic mass is 10.1. The van der Waals surface area contributed by atoms with E-state index >= 15 is 0 Å². The highest BCUT2D eigenvalue weighted by atomic mass is 16.3. The molecule has 0 aliphatic carbocycles. The third kappa shape index (κ3) is 4.04. The number of aromatic nitrogens is 2. The highest BCUT2D eigenvalue weighted by Gasteiger charge is 2.16. The van der Waals surface area contributed by atoms with Crippen molar-refractivity contribution in [3.8, 4) is 0 Å². The Kier molecular flexibility index (Phi) is 4.93. The van der Waals surface area contributed by atoms with E-state index in [9.17, 15) is 9.90 Å². The first-order chi connectivity index (χ1) is 9.16. The van der Waals surface area contributed by atoms with Gasteiger partial charge in [0.2, 0.25) is 0 Å². The summed E-state index contributed by atoms with van der Waals surface area (Å²) in [6.45, 7) is 3.01. The second kappa shape index (κ2) is 6.68.